The van der Waals surface area contributed by atoms with Crippen molar-refractivity contribution >= 4 is 23.1 Å². The molecule has 18 heavy (non-hydrogen) atoms. The molecule has 0 saturated carbocycles. The topological polar surface area (TPSA) is 12.0 Å². The summed E-state index contributed by atoms with van der Waals surface area (Å²) < 4.78 is 0. The molecule has 1 aliphatic carbocycles. The maximum Gasteiger partial charge on any atom is 0.0388 e. The van der Waals surface area contributed by atoms with Gasteiger partial charge >= 0.3 is 0 Å². The highest BCUT2D eigenvalue weighted by Gasteiger charge is 2.20. The molecule has 1 aromatic heterocycles. The Morgan fingerprint density at radius 2 is 2.00 bits per heavy atom. The summed E-state index contributed by atoms with van der Waals surface area (Å²) in [5, 5.41) is 3.84. The van der Waals surface area contributed by atoms with Crippen molar-refractivity contribution < 1.29 is 0 Å². The Labute approximate surface area is 119 Å². The molecule has 1 unspecified atom stereocenters. The molecule has 1 aliphatic heterocycles. The van der Waals surface area contributed by atoms with Crippen molar-refractivity contribution in [2.75, 3.05) is 11.5 Å². The highest BCUT2D eigenvalue weighted by Crippen LogP contribution is 2.33. The molecule has 0 radical (unpaired) electrons. The average Bonchev–Trinajstić information content (AvgIpc) is 2.84. The van der Waals surface area contributed by atoms with Gasteiger partial charge in [-0.05, 0) is 68.6 Å². The minimum absolute atomic E-state index is 0.550. The van der Waals surface area contributed by atoms with Gasteiger partial charge in [-0.15, -0.1) is 11.3 Å². The molecule has 0 amide bonds. The van der Waals surface area contributed by atoms with Crippen LogP contribution in [0.15, 0.2) is 6.07 Å². The number of thioether (sulfide) groups is 1. The lowest BCUT2D eigenvalue weighted by molar-refractivity contribution is 0.434. The fraction of sp³-hybridized carbons (Fsp3) is 0.733. The van der Waals surface area contributed by atoms with Gasteiger partial charge in [0.2, 0.25) is 0 Å². The summed E-state index contributed by atoms with van der Waals surface area (Å²) in [7, 11) is 0. The molecule has 1 N–H and O–H groups in total. The maximum absolute atomic E-state index is 3.84. The second kappa shape index (κ2) is 5.98. The fourth-order valence-electron chi connectivity index (χ4n) is 3.03. The van der Waals surface area contributed by atoms with Crippen LogP contribution in [-0.4, -0.2) is 17.5 Å². The number of rotatable bonds is 3. The highest BCUT2D eigenvalue weighted by molar-refractivity contribution is 7.99. The summed E-state index contributed by atoms with van der Waals surface area (Å²) in [6.45, 7) is 2.35. The zero-order chi connectivity index (χ0) is 12.4. The lowest BCUT2D eigenvalue weighted by Crippen LogP contribution is -2.34. The van der Waals surface area contributed by atoms with Crippen LogP contribution in [0.25, 0.3) is 0 Å². The average molecular weight is 281 g/mol. The van der Waals surface area contributed by atoms with Crippen molar-refractivity contribution in [1.82, 2.24) is 5.32 Å². The molecule has 3 heteroatoms. The summed E-state index contributed by atoms with van der Waals surface area (Å²) in [4.78, 5) is 3.24. The van der Waals surface area contributed by atoms with Crippen molar-refractivity contribution in [3.8, 4) is 0 Å². The Bertz CT molecular complexity index is 370. The third-order valence-electron chi connectivity index (χ3n) is 4.15. The second-order valence-corrected chi connectivity index (χ2v) is 7.97. The minimum atomic E-state index is 0.550. The maximum atomic E-state index is 3.84. The summed E-state index contributed by atoms with van der Waals surface area (Å²) in [6.07, 6.45) is 8.13. The first-order chi connectivity index (χ1) is 8.83. The van der Waals surface area contributed by atoms with Crippen LogP contribution in [0.3, 0.4) is 0 Å². The molecule has 0 bridgehead atoms. The van der Waals surface area contributed by atoms with Crippen LogP contribution in [0.1, 0.15) is 54.0 Å². The molecular weight excluding hydrogens is 258 g/mol. The zero-order valence-corrected chi connectivity index (χ0v) is 12.8. The van der Waals surface area contributed by atoms with Gasteiger partial charge in [-0.3, -0.25) is 0 Å². The van der Waals surface area contributed by atoms with Crippen molar-refractivity contribution in [2.24, 2.45) is 0 Å². The first kappa shape index (κ1) is 13.0. The van der Waals surface area contributed by atoms with E-state index >= 15 is 0 Å². The van der Waals surface area contributed by atoms with Crippen LogP contribution >= 0.6 is 23.1 Å². The van der Waals surface area contributed by atoms with Crippen LogP contribution in [0.4, 0.5) is 0 Å². The molecule has 0 spiro atoms. The SMILES string of the molecule is CC(NC1CCSCC1)c1cc2c(s1)CCCC2. The molecule has 1 nitrogen and oxygen atoms in total. The smallest absolute Gasteiger partial charge is 0.0388 e. The van der Waals surface area contributed by atoms with Gasteiger partial charge in [-0.1, -0.05) is 0 Å². The van der Waals surface area contributed by atoms with E-state index in [1.165, 1.54) is 50.0 Å². The molecule has 100 valence electrons. The van der Waals surface area contributed by atoms with Crippen LogP contribution in [-0.2, 0) is 12.8 Å². The minimum Gasteiger partial charge on any atom is -0.307 e. The van der Waals surface area contributed by atoms with E-state index in [0.29, 0.717) is 6.04 Å². The van der Waals surface area contributed by atoms with Crippen LogP contribution < -0.4 is 5.32 Å². The van der Waals surface area contributed by atoms with Crippen LogP contribution in [0.2, 0.25) is 0 Å². The van der Waals surface area contributed by atoms with Gasteiger partial charge < -0.3 is 5.32 Å². The summed E-state index contributed by atoms with van der Waals surface area (Å²) >= 11 is 4.17. The van der Waals surface area contributed by atoms with Crippen molar-refractivity contribution in [3.05, 3.63) is 21.4 Å². The van der Waals surface area contributed by atoms with Gasteiger partial charge in [0.05, 0.1) is 0 Å². The van der Waals surface area contributed by atoms with Gasteiger partial charge in [0.15, 0.2) is 0 Å². The third kappa shape index (κ3) is 2.94. The first-order valence-electron chi connectivity index (χ1n) is 7.28. The van der Waals surface area contributed by atoms with E-state index in [1.807, 2.05) is 0 Å². The van der Waals surface area contributed by atoms with Gasteiger partial charge in [0, 0.05) is 21.8 Å². The Hall–Kier alpha value is 0.01000. The molecule has 1 saturated heterocycles. The largest absolute Gasteiger partial charge is 0.307 e. The number of fused-ring (bicyclic) bond motifs is 1. The molecule has 2 heterocycles. The molecule has 1 atom stereocenters. The van der Waals surface area contributed by atoms with Crippen molar-refractivity contribution in [3.63, 3.8) is 0 Å². The Kier molecular flexibility index (Phi) is 4.32. The summed E-state index contributed by atoms with van der Waals surface area (Å²) in [5.74, 6) is 2.68. The molecule has 0 aromatic carbocycles. The zero-order valence-electron chi connectivity index (χ0n) is 11.2. The number of nitrogens with one attached hydrogen (secondary N) is 1. The Morgan fingerprint density at radius 1 is 1.22 bits per heavy atom. The molecule has 1 aromatic rings. The van der Waals surface area contributed by atoms with Gasteiger partial charge in [-0.25, -0.2) is 0 Å². The van der Waals surface area contributed by atoms with Crippen molar-refractivity contribution in [2.45, 2.75) is 57.5 Å². The third-order valence-corrected chi connectivity index (χ3v) is 6.62. The van der Waals surface area contributed by atoms with Crippen molar-refractivity contribution in [1.29, 1.82) is 0 Å². The first-order valence-corrected chi connectivity index (χ1v) is 9.25. The predicted octanol–water partition coefficient (Wildman–Crippen LogP) is 4.17. The second-order valence-electron chi connectivity index (χ2n) is 5.58. The van der Waals surface area contributed by atoms with E-state index in [9.17, 15) is 0 Å². The van der Waals surface area contributed by atoms with E-state index in [-0.39, 0.29) is 0 Å². The van der Waals surface area contributed by atoms with Crippen LogP contribution in [0, 0.1) is 0 Å². The van der Waals surface area contributed by atoms with Gasteiger partial charge in [0.25, 0.3) is 0 Å². The fourth-order valence-corrected chi connectivity index (χ4v) is 5.40. The number of hydrogen-bond donors (Lipinski definition) is 1. The highest BCUT2D eigenvalue weighted by atomic mass is 32.2. The molecule has 3 rings (SSSR count). The van der Waals surface area contributed by atoms with E-state index in [4.69, 9.17) is 0 Å². The number of thiophene rings is 1. The van der Waals surface area contributed by atoms with E-state index < -0.39 is 0 Å². The Morgan fingerprint density at radius 3 is 2.78 bits per heavy atom. The lowest BCUT2D eigenvalue weighted by atomic mass is 9.99. The lowest BCUT2D eigenvalue weighted by Gasteiger charge is -2.25. The predicted molar refractivity (Wildman–Crippen MR) is 82.9 cm³/mol. The number of aryl methyl sites for hydroxylation is 2. The van der Waals surface area contributed by atoms with E-state index in [2.05, 4.69) is 41.4 Å². The number of hydrogen-bond acceptors (Lipinski definition) is 3. The molecule has 1 fully saturated rings. The van der Waals surface area contributed by atoms with E-state index in [1.54, 1.807) is 15.3 Å². The molecule has 2 aliphatic rings. The Balaban J connectivity index is 1.64. The summed E-state index contributed by atoms with van der Waals surface area (Å²) in [6, 6.07) is 3.78. The van der Waals surface area contributed by atoms with Crippen LogP contribution in [0.5, 0.6) is 0 Å². The summed E-state index contributed by atoms with van der Waals surface area (Å²) in [5.41, 5.74) is 1.65. The van der Waals surface area contributed by atoms with Gasteiger partial charge in [0.1, 0.15) is 0 Å². The van der Waals surface area contributed by atoms with Gasteiger partial charge in [-0.2, -0.15) is 11.8 Å². The standard InChI is InChI=1S/C15H23NS2/c1-11(16-13-6-8-17-9-7-13)15-10-12-4-2-3-5-14(12)18-15/h10-11,13,16H,2-9H2,1H3. The monoisotopic (exact) mass is 281 g/mol. The molecular formula is C15H23NS2. The van der Waals surface area contributed by atoms with E-state index in [0.717, 1.165) is 6.04 Å². The normalized spacial score (nSPS) is 22.7. The quantitative estimate of drug-likeness (QED) is 0.892.